The summed E-state index contributed by atoms with van der Waals surface area (Å²) in [4.78, 5) is 16.2. The number of ether oxygens (including phenoxy) is 2. The Bertz CT molecular complexity index is 732. The molecule has 2 heterocycles. The summed E-state index contributed by atoms with van der Waals surface area (Å²) in [6.07, 6.45) is 2.46. The van der Waals surface area contributed by atoms with Gasteiger partial charge in [-0.1, -0.05) is 26.0 Å². The molecule has 1 aromatic heterocycles. The molecule has 1 aliphatic rings. The quantitative estimate of drug-likeness (QED) is 0.847. The fraction of sp³-hybridized carbons (Fsp3) is 0.368. The van der Waals surface area contributed by atoms with Gasteiger partial charge >= 0.3 is 6.03 Å². The van der Waals surface area contributed by atoms with Crippen molar-refractivity contribution in [3.8, 4) is 11.5 Å². The second-order valence-corrected chi connectivity index (χ2v) is 6.63. The number of nitrogens with zero attached hydrogens (tertiary/aromatic N) is 1. The van der Waals surface area contributed by atoms with Crippen LogP contribution in [0.2, 0.25) is 0 Å². The van der Waals surface area contributed by atoms with Gasteiger partial charge in [0.15, 0.2) is 11.5 Å². The third-order valence-electron chi connectivity index (χ3n) is 4.24. The lowest BCUT2D eigenvalue weighted by Gasteiger charge is -2.26. The number of carbonyl (C=O) groups excluding carboxylic acids is 1. The Labute approximate surface area is 147 Å². The molecule has 0 unspecified atom stereocenters. The van der Waals surface area contributed by atoms with Gasteiger partial charge in [0.1, 0.15) is 0 Å². The highest BCUT2D eigenvalue weighted by molar-refractivity contribution is 5.74. The molecule has 2 N–H and O–H groups in total. The van der Waals surface area contributed by atoms with Gasteiger partial charge in [-0.15, -0.1) is 0 Å². The van der Waals surface area contributed by atoms with E-state index in [4.69, 9.17) is 9.47 Å². The summed E-state index contributed by atoms with van der Waals surface area (Å²) in [5.41, 5.74) is 1.83. The molecule has 0 spiro atoms. The largest absolute Gasteiger partial charge is 0.454 e. The Morgan fingerprint density at radius 2 is 2.00 bits per heavy atom. The number of aromatic nitrogens is 1. The number of hydrogen-bond donors (Lipinski definition) is 2. The van der Waals surface area contributed by atoms with E-state index >= 15 is 0 Å². The Balaban J connectivity index is 1.47. The van der Waals surface area contributed by atoms with Crippen molar-refractivity contribution in [2.45, 2.75) is 25.7 Å². The Morgan fingerprint density at radius 1 is 1.16 bits per heavy atom. The highest BCUT2D eigenvalue weighted by Gasteiger charge is 2.24. The lowest BCUT2D eigenvalue weighted by Crippen LogP contribution is -2.42. The van der Waals surface area contributed by atoms with Gasteiger partial charge in [0, 0.05) is 36.8 Å². The molecule has 6 heteroatoms. The molecule has 6 nitrogen and oxygen atoms in total. The number of amides is 2. The SMILES string of the molecule is CC(C)(CNC(=O)NCCc1ccccn1)c1ccc2c(c1)OCO2. The van der Waals surface area contributed by atoms with Crippen LogP contribution in [0.3, 0.4) is 0 Å². The minimum Gasteiger partial charge on any atom is -0.454 e. The van der Waals surface area contributed by atoms with Crippen LogP contribution in [0.4, 0.5) is 4.79 Å². The van der Waals surface area contributed by atoms with Gasteiger partial charge in [-0.25, -0.2) is 4.79 Å². The van der Waals surface area contributed by atoms with Crippen molar-refractivity contribution in [1.29, 1.82) is 0 Å². The Kier molecular flexibility index (Phi) is 5.07. The minimum absolute atomic E-state index is 0.176. The van der Waals surface area contributed by atoms with Gasteiger partial charge in [-0.3, -0.25) is 4.98 Å². The van der Waals surface area contributed by atoms with Gasteiger partial charge in [0.2, 0.25) is 6.79 Å². The molecule has 2 amide bonds. The van der Waals surface area contributed by atoms with Crippen LogP contribution in [-0.4, -0.2) is 30.9 Å². The van der Waals surface area contributed by atoms with Crippen molar-refractivity contribution in [3.63, 3.8) is 0 Å². The molecule has 2 aromatic rings. The molecule has 3 rings (SSSR count). The molecule has 132 valence electrons. The zero-order valence-electron chi connectivity index (χ0n) is 14.5. The summed E-state index contributed by atoms with van der Waals surface area (Å²) in [6.45, 7) is 5.49. The fourth-order valence-corrected chi connectivity index (χ4v) is 2.63. The first kappa shape index (κ1) is 17.1. The molecule has 0 atom stereocenters. The second kappa shape index (κ2) is 7.42. The number of pyridine rings is 1. The number of carbonyl (C=O) groups is 1. The number of urea groups is 1. The highest BCUT2D eigenvalue weighted by atomic mass is 16.7. The van der Waals surface area contributed by atoms with Crippen molar-refractivity contribution in [1.82, 2.24) is 15.6 Å². The van der Waals surface area contributed by atoms with Crippen molar-refractivity contribution in [3.05, 3.63) is 53.9 Å². The van der Waals surface area contributed by atoms with Crippen LogP contribution >= 0.6 is 0 Å². The zero-order valence-corrected chi connectivity index (χ0v) is 14.5. The summed E-state index contributed by atoms with van der Waals surface area (Å²) in [5.74, 6) is 1.52. The van der Waals surface area contributed by atoms with E-state index in [9.17, 15) is 4.79 Å². The monoisotopic (exact) mass is 341 g/mol. The molecule has 0 radical (unpaired) electrons. The summed E-state index contributed by atoms with van der Waals surface area (Å²) < 4.78 is 10.8. The number of nitrogens with one attached hydrogen (secondary N) is 2. The van der Waals surface area contributed by atoms with Crippen LogP contribution in [0, 0.1) is 0 Å². The maximum absolute atomic E-state index is 12.0. The van der Waals surface area contributed by atoms with E-state index in [0.29, 0.717) is 19.5 Å². The molecular formula is C19H23N3O3. The molecule has 0 saturated heterocycles. The van der Waals surface area contributed by atoms with Crippen LogP contribution in [0.15, 0.2) is 42.6 Å². The van der Waals surface area contributed by atoms with E-state index in [2.05, 4.69) is 29.5 Å². The predicted molar refractivity (Wildman–Crippen MR) is 94.9 cm³/mol. The molecule has 25 heavy (non-hydrogen) atoms. The minimum atomic E-state index is -0.223. The number of benzene rings is 1. The zero-order chi connectivity index (χ0) is 17.7. The van der Waals surface area contributed by atoms with Crippen LogP contribution in [0.1, 0.15) is 25.1 Å². The smallest absolute Gasteiger partial charge is 0.314 e. The summed E-state index contributed by atoms with van der Waals surface area (Å²) in [7, 11) is 0. The molecule has 0 fully saturated rings. The molecule has 1 aromatic carbocycles. The van der Waals surface area contributed by atoms with Crippen LogP contribution in [0.5, 0.6) is 11.5 Å². The van der Waals surface area contributed by atoms with Crippen LogP contribution in [0.25, 0.3) is 0 Å². The molecule has 0 saturated carbocycles. The predicted octanol–water partition coefficient (Wildman–Crippen LogP) is 2.63. The topological polar surface area (TPSA) is 72.5 Å². The Morgan fingerprint density at radius 3 is 2.80 bits per heavy atom. The summed E-state index contributed by atoms with van der Waals surface area (Å²) >= 11 is 0. The number of rotatable bonds is 6. The van der Waals surface area contributed by atoms with E-state index in [1.54, 1.807) is 6.20 Å². The van der Waals surface area contributed by atoms with Crippen molar-refractivity contribution < 1.29 is 14.3 Å². The maximum atomic E-state index is 12.0. The van der Waals surface area contributed by atoms with Crippen LogP contribution < -0.4 is 20.1 Å². The van der Waals surface area contributed by atoms with Crippen molar-refractivity contribution >= 4 is 6.03 Å². The summed E-state index contributed by atoms with van der Waals surface area (Å²) in [5, 5.41) is 5.80. The normalized spacial score (nSPS) is 12.7. The molecule has 1 aliphatic heterocycles. The fourth-order valence-electron chi connectivity index (χ4n) is 2.63. The first-order chi connectivity index (χ1) is 12.0. The van der Waals surface area contributed by atoms with Gasteiger partial charge < -0.3 is 20.1 Å². The molecule has 0 aliphatic carbocycles. The summed E-state index contributed by atoms with van der Waals surface area (Å²) in [6, 6.07) is 11.5. The first-order valence-electron chi connectivity index (χ1n) is 8.36. The van der Waals surface area contributed by atoms with Gasteiger partial charge in [-0.2, -0.15) is 0 Å². The Hall–Kier alpha value is -2.76. The van der Waals surface area contributed by atoms with E-state index < -0.39 is 0 Å². The average molecular weight is 341 g/mol. The van der Waals surface area contributed by atoms with Crippen molar-refractivity contribution in [2.24, 2.45) is 0 Å². The number of fused-ring (bicyclic) bond motifs is 1. The first-order valence-corrected chi connectivity index (χ1v) is 8.36. The maximum Gasteiger partial charge on any atom is 0.314 e. The lowest BCUT2D eigenvalue weighted by atomic mass is 9.84. The van der Waals surface area contributed by atoms with Gasteiger partial charge in [0.25, 0.3) is 0 Å². The van der Waals surface area contributed by atoms with E-state index in [0.717, 1.165) is 22.8 Å². The van der Waals surface area contributed by atoms with Gasteiger partial charge in [0.05, 0.1) is 0 Å². The highest BCUT2D eigenvalue weighted by Crippen LogP contribution is 2.36. The third-order valence-corrected chi connectivity index (χ3v) is 4.24. The second-order valence-electron chi connectivity index (χ2n) is 6.63. The van der Waals surface area contributed by atoms with Crippen molar-refractivity contribution in [2.75, 3.05) is 19.9 Å². The standard InChI is InChI=1S/C19H23N3O3/c1-19(2,14-6-7-16-17(11-14)25-13-24-16)12-22-18(23)21-10-8-15-5-3-4-9-20-15/h3-7,9,11H,8,10,12-13H2,1-2H3,(H2,21,22,23). The lowest BCUT2D eigenvalue weighted by molar-refractivity contribution is 0.174. The number of hydrogen-bond acceptors (Lipinski definition) is 4. The molecular weight excluding hydrogens is 318 g/mol. The molecule has 0 bridgehead atoms. The van der Waals surface area contributed by atoms with E-state index in [1.807, 2.05) is 36.4 Å². The van der Waals surface area contributed by atoms with E-state index in [-0.39, 0.29) is 18.2 Å². The van der Waals surface area contributed by atoms with E-state index in [1.165, 1.54) is 0 Å². The average Bonchev–Trinajstić information content (AvgIpc) is 3.09. The van der Waals surface area contributed by atoms with Gasteiger partial charge in [-0.05, 0) is 29.8 Å². The third kappa shape index (κ3) is 4.41. The van der Waals surface area contributed by atoms with Crippen LogP contribution in [-0.2, 0) is 11.8 Å².